The minimum absolute atomic E-state index is 0.324. The van der Waals surface area contributed by atoms with Crippen molar-refractivity contribution in [3.8, 4) is 0 Å². The van der Waals surface area contributed by atoms with E-state index in [0.717, 1.165) is 17.4 Å². The molecule has 0 amide bonds. The van der Waals surface area contributed by atoms with E-state index in [1.54, 1.807) is 6.26 Å². The molecule has 0 fully saturated rings. The van der Waals surface area contributed by atoms with E-state index in [1.807, 2.05) is 12.3 Å². The lowest BCUT2D eigenvalue weighted by atomic mass is 9.96. The second-order valence-corrected chi connectivity index (χ2v) is 5.36. The van der Waals surface area contributed by atoms with Crippen LogP contribution in [0.4, 0.5) is 0 Å². The highest BCUT2D eigenvalue weighted by Gasteiger charge is 2.14. The normalized spacial score (nSPS) is 12.6. The molecule has 2 aromatic rings. The average molecular weight is 308 g/mol. The van der Waals surface area contributed by atoms with Crippen molar-refractivity contribution >= 4 is 15.9 Å². The van der Waals surface area contributed by atoms with Gasteiger partial charge in [0.25, 0.3) is 0 Å². The van der Waals surface area contributed by atoms with E-state index in [9.17, 15) is 0 Å². The molecule has 1 heterocycles. The van der Waals surface area contributed by atoms with Crippen molar-refractivity contribution in [1.29, 1.82) is 0 Å². The predicted octanol–water partition coefficient (Wildman–Crippen LogP) is 4.24. The topological polar surface area (TPSA) is 25.2 Å². The van der Waals surface area contributed by atoms with Crippen molar-refractivity contribution in [3.05, 3.63) is 58.0 Å². The molecule has 1 atom stereocenters. The zero-order valence-electron chi connectivity index (χ0n) is 10.7. The molecular formula is C15H18BrNO. The molecule has 96 valence electrons. The first-order chi connectivity index (χ1) is 8.70. The van der Waals surface area contributed by atoms with Gasteiger partial charge >= 0.3 is 0 Å². The first kappa shape index (κ1) is 13.4. The summed E-state index contributed by atoms with van der Waals surface area (Å²) in [5.41, 5.74) is 3.88. The lowest BCUT2D eigenvalue weighted by Gasteiger charge is -2.20. The van der Waals surface area contributed by atoms with E-state index in [2.05, 4.69) is 53.3 Å². The zero-order valence-corrected chi connectivity index (χ0v) is 12.3. The molecule has 1 aromatic heterocycles. The molecule has 2 rings (SSSR count). The summed E-state index contributed by atoms with van der Waals surface area (Å²) in [5, 5.41) is 3.54. The van der Waals surface area contributed by atoms with Crippen molar-refractivity contribution in [3.63, 3.8) is 0 Å². The third-order valence-corrected chi connectivity index (χ3v) is 3.58. The van der Waals surface area contributed by atoms with Gasteiger partial charge < -0.3 is 9.73 Å². The molecule has 18 heavy (non-hydrogen) atoms. The van der Waals surface area contributed by atoms with Crippen molar-refractivity contribution in [2.45, 2.75) is 26.3 Å². The average Bonchev–Trinajstić information content (AvgIpc) is 2.85. The van der Waals surface area contributed by atoms with Crippen LogP contribution >= 0.6 is 15.9 Å². The summed E-state index contributed by atoms with van der Waals surface area (Å²) in [6, 6.07) is 8.78. The minimum atomic E-state index is 0.324. The SMILES string of the molecule is CCNC(Cc1ccoc1)c1cc(Br)ccc1C. The van der Waals surface area contributed by atoms with Gasteiger partial charge in [0.15, 0.2) is 0 Å². The highest BCUT2D eigenvalue weighted by atomic mass is 79.9. The molecule has 0 bridgehead atoms. The molecule has 1 aromatic carbocycles. The Labute approximate surface area is 117 Å². The number of aryl methyl sites for hydroxylation is 1. The molecule has 3 heteroatoms. The first-order valence-electron chi connectivity index (χ1n) is 6.21. The number of furan rings is 1. The second kappa shape index (κ2) is 6.21. The third kappa shape index (κ3) is 3.24. The van der Waals surface area contributed by atoms with Crippen LogP contribution < -0.4 is 5.32 Å². The van der Waals surface area contributed by atoms with Crippen LogP contribution in [0.5, 0.6) is 0 Å². The van der Waals surface area contributed by atoms with Crippen LogP contribution in [0.3, 0.4) is 0 Å². The molecule has 0 aliphatic heterocycles. The molecule has 1 N–H and O–H groups in total. The minimum Gasteiger partial charge on any atom is -0.472 e. The van der Waals surface area contributed by atoms with Gasteiger partial charge in [0.05, 0.1) is 12.5 Å². The summed E-state index contributed by atoms with van der Waals surface area (Å²) in [6.45, 7) is 5.24. The van der Waals surface area contributed by atoms with Gasteiger partial charge in [-0.25, -0.2) is 0 Å². The molecule has 2 nitrogen and oxygen atoms in total. The van der Waals surface area contributed by atoms with Crippen molar-refractivity contribution in [1.82, 2.24) is 5.32 Å². The quantitative estimate of drug-likeness (QED) is 0.893. The monoisotopic (exact) mass is 307 g/mol. The van der Waals surface area contributed by atoms with Gasteiger partial charge in [-0.15, -0.1) is 0 Å². The summed E-state index contributed by atoms with van der Waals surface area (Å²) < 4.78 is 6.27. The van der Waals surface area contributed by atoms with Crippen LogP contribution in [0.25, 0.3) is 0 Å². The van der Waals surface area contributed by atoms with Crippen LogP contribution in [0.2, 0.25) is 0 Å². The number of rotatable bonds is 5. The van der Waals surface area contributed by atoms with Gasteiger partial charge in [0.2, 0.25) is 0 Å². The summed E-state index contributed by atoms with van der Waals surface area (Å²) in [7, 11) is 0. The fourth-order valence-corrected chi connectivity index (χ4v) is 2.55. The van der Waals surface area contributed by atoms with Crippen LogP contribution in [0, 0.1) is 6.92 Å². The van der Waals surface area contributed by atoms with Gasteiger partial charge in [-0.1, -0.05) is 28.9 Å². The number of halogens is 1. The summed E-state index contributed by atoms with van der Waals surface area (Å²) in [4.78, 5) is 0. The number of nitrogens with one attached hydrogen (secondary N) is 1. The second-order valence-electron chi connectivity index (χ2n) is 4.45. The number of benzene rings is 1. The van der Waals surface area contributed by atoms with E-state index in [0.29, 0.717) is 6.04 Å². The largest absolute Gasteiger partial charge is 0.472 e. The van der Waals surface area contributed by atoms with E-state index in [1.165, 1.54) is 16.7 Å². The third-order valence-electron chi connectivity index (χ3n) is 3.09. The Hall–Kier alpha value is -1.06. The highest BCUT2D eigenvalue weighted by Crippen LogP contribution is 2.25. The lowest BCUT2D eigenvalue weighted by molar-refractivity contribution is 0.533. The number of likely N-dealkylation sites (N-methyl/N-ethyl adjacent to an activating group) is 1. The molecule has 0 aliphatic rings. The van der Waals surface area contributed by atoms with E-state index in [-0.39, 0.29) is 0 Å². The Balaban J connectivity index is 2.26. The highest BCUT2D eigenvalue weighted by molar-refractivity contribution is 9.10. The van der Waals surface area contributed by atoms with E-state index < -0.39 is 0 Å². The van der Waals surface area contributed by atoms with Crippen LogP contribution in [0.1, 0.15) is 29.7 Å². The standard InChI is InChI=1S/C15H18BrNO/c1-3-17-15(8-12-6-7-18-10-12)14-9-13(16)5-4-11(14)2/h4-7,9-10,15,17H,3,8H2,1-2H3. The van der Waals surface area contributed by atoms with Crippen LogP contribution in [-0.2, 0) is 6.42 Å². The van der Waals surface area contributed by atoms with Crippen LogP contribution in [0.15, 0.2) is 45.7 Å². The molecule has 0 aliphatic carbocycles. The number of hydrogen-bond donors (Lipinski definition) is 1. The number of hydrogen-bond acceptors (Lipinski definition) is 2. The van der Waals surface area contributed by atoms with Crippen molar-refractivity contribution in [2.24, 2.45) is 0 Å². The Morgan fingerprint density at radius 1 is 1.33 bits per heavy atom. The van der Waals surface area contributed by atoms with Crippen LogP contribution in [-0.4, -0.2) is 6.54 Å². The van der Waals surface area contributed by atoms with Crippen molar-refractivity contribution < 1.29 is 4.42 Å². The van der Waals surface area contributed by atoms with Gasteiger partial charge in [-0.05, 0) is 54.8 Å². The molecular weight excluding hydrogens is 290 g/mol. The van der Waals surface area contributed by atoms with Crippen molar-refractivity contribution in [2.75, 3.05) is 6.54 Å². The molecule has 0 saturated carbocycles. The zero-order chi connectivity index (χ0) is 13.0. The van der Waals surface area contributed by atoms with E-state index in [4.69, 9.17) is 4.42 Å². The molecule has 0 spiro atoms. The fourth-order valence-electron chi connectivity index (χ4n) is 2.17. The first-order valence-corrected chi connectivity index (χ1v) is 7.00. The molecule has 1 unspecified atom stereocenters. The predicted molar refractivity (Wildman–Crippen MR) is 77.7 cm³/mol. The van der Waals surface area contributed by atoms with Gasteiger partial charge in [0.1, 0.15) is 0 Å². The maximum absolute atomic E-state index is 5.15. The summed E-state index contributed by atoms with van der Waals surface area (Å²) in [6.07, 6.45) is 4.49. The van der Waals surface area contributed by atoms with Gasteiger partial charge in [0, 0.05) is 10.5 Å². The smallest absolute Gasteiger partial charge is 0.0935 e. The fraction of sp³-hybridized carbons (Fsp3) is 0.333. The maximum Gasteiger partial charge on any atom is 0.0935 e. The van der Waals surface area contributed by atoms with Gasteiger partial charge in [-0.2, -0.15) is 0 Å². The molecule has 0 radical (unpaired) electrons. The maximum atomic E-state index is 5.15. The Kier molecular flexibility index (Phi) is 4.61. The molecule has 0 saturated heterocycles. The Morgan fingerprint density at radius 2 is 2.17 bits per heavy atom. The Bertz CT molecular complexity index is 493. The Morgan fingerprint density at radius 3 is 2.83 bits per heavy atom. The summed E-state index contributed by atoms with van der Waals surface area (Å²) in [5.74, 6) is 0. The summed E-state index contributed by atoms with van der Waals surface area (Å²) >= 11 is 3.55. The van der Waals surface area contributed by atoms with Gasteiger partial charge in [-0.3, -0.25) is 0 Å². The lowest BCUT2D eigenvalue weighted by Crippen LogP contribution is -2.23. The van der Waals surface area contributed by atoms with E-state index >= 15 is 0 Å².